The minimum Gasteiger partial charge on any atom is -0.478 e. The molecule has 1 unspecified atom stereocenters. The van der Waals surface area contributed by atoms with Crippen molar-refractivity contribution in [3.63, 3.8) is 0 Å². The van der Waals surface area contributed by atoms with Crippen LogP contribution in [0, 0.1) is 5.82 Å². The Hall–Kier alpha value is -4.41. The molecule has 3 aromatic heterocycles. The van der Waals surface area contributed by atoms with Crippen molar-refractivity contribution >= 4 is 27.9 Å². The van der Waals surface area contributed by atoms with E-state index in [9.17, 15) is 14.3 Å². The van der Waals surface area contributed by atoms with Gasteiger partial charge in [0.15, 0.2) is 0 Å². The summed E-state index contributed by atoms with van der Waals surface area (Å²) >= 11 is 0. The van der Waals surface area contributed by atoms with Gasteiger partial charge in [-0.05, 0) is 68.8 Å². The number of imidazole rings is 1. The SMILES string of the molecule is O=C(O)c1ccc2nc(CN3CCC(c4cccc(OCc5cc6cccnc6cc5F)n4)CC3)n(CC3CCO3)c2c1. The van der Waals surface area contributed by atoms with Gasteiger partial charge in [-0.3, -0.25) is 9.88 Å². The molecule has 2 saturated heterocycles. The molecule has 9 nitrogen and oxygen atoms in total. The zero-order valence-corrected chi connectivity index (χ0v) is 23.7. The van der Waals surface area contributed by atoms with Crippen molar-refractivity contribution < 1.29 is 23.8 Å². The number of carboxylic acids is 1. The molecule has 2 aromatic carbocycles. The maximum atomic E-state index is 14.6. The molecule has 5 heterocycles. The number of aromatic nitrogens is 4. The van der Waals surface area contributed by atoms with Crippen LogP contribution in [0.4, 0.5) is 4.39 Å². The Bertz CT molecular complexity index is 1800. The number of carbonyl (C=O) groups is 1. The number of rotatable bonds is 9. The molecule has 10 heteroatoms. The fourth-order valence-corrected chi connectivity index (χ4v) is 5.99. The van der Waals surface area contributed by atoms with Crippen LogP contribution in [-0.2, 0) is 24.4 Å². The number of hydrogen-bond acceptors (Lipinski definition) is 7. The molecule has 0 saturated carbocycles. The number of benzene rings is 2. The van der Waals surface area contributed by atoms with Gasteiger partial charge in [0.05, 0.1) is 41.3 Å². The Kier molecular flexibility index (Phi) is 7.46. The van der Waals surface area contributed by atoms with Gasteiger partial charge in [0.1, 0.15) is 18.2 Å². The first-order chi connectivity index (χ1) is 21.0. The molecule has 0 radical (unpaired) electrons. The van der Waals surface area contributed by atoms with Gasteiger partial charge in [-0.2, -0.15) is 0 Å². The summed E-state index contributed by atoms with van der Waals surface area (Å²) in [6, 6.07) is 17.9. The molecule has 2 aliphatic rings. The highest BCUT2D eigenvalue weighted by molar-refractivity contribution is 5.92. The molecule has 0 amide bonds. The van der Waals surface area contributed by atoms with E-state index in [0.717, 1.165) is 66.9 Å². The third-order valence-corrected chi connectivity index (χ3v) is 8.52. The van der Waals surface area contributed by atoms with Gasteiger partial charge >= 0.3 is 5.97 Å². The van der Waals surface area contributed by atoms with Gasteiger partial charge < -0.3 is 19.1 Å². The second-order valence-corrected chi connectivity index (χ2v) is 11.3. The van der Waals surface area contributed by atoms with Crippen LogP contribution in [0.15, 0.2) is 66.9 Å². The van der Waals surface area contributed by atoms with Crippen LogP contribution in [-0.4, -0.2) is 61.3 Å². The largest absolute Gasteiger partial charge is 0.478 e. The number of fused-ring (bicyclic) bond motifs is 2. The number of halogens is 1. The fourth-order valence-electron chi connectivity index (χ4n) is 5.99. The summed E-state index contributed by atoms with van der Waals surface area (Å²) < 4.78 is 28.4. The summed E-state index contributed by atoms with van der Waals surface area (Å²) in [5.41, 5.74) is 3.96. The molecule has 0 aliphatic carbocycles. The van der Waals surface area contributed by atoms with Crippen LogP contribution in [0.5, 0.6) is 5.88 Å². The van der Waals surface area contributed by atoms with E-state index in [1.807, 2.05) is 30.3 Å². The smallest absolute Gasteiger partial charge is 0.335 e. The van der Waals surface area contributed by atoms with Crippen molar-refractivity contribution in [2.75, 3.05) is 19.7 Å². The van der Waals surface area contributed by atoms with E-state index in [4.69, 9.17) is 19.4 Å². The number of nitrogens with zero attached hydrogens (tertiary/aromatic N) is 5. The Morgan fingerprint density at radius 2 is 1.88 bits per heavy atom. The summed E-state index contributed by atoms with van der Waals surface area (Å²) in [5, 5.41) is 10.4. The molecule has 220 valence electrons. The molecular formula is C33H32FN5O4. The summed E-state index contributed by atoms with van der Waals surface area (Å²) in [6.45, 7) is 3.97. The van der Waals surface area contributed by atoms with E-state index in [-0.39, 0.29) is 24.1 Å². The van der Waals surface area contributed by atoms with E-state index in [0.29, 0.717) is 36.0 Å². The van der Waals surface area contributed by atoms with Crippen molar-refractivity contribution in [1.82, 2.24) is 24.4 Å². The number of likely N-dealkylation sites (tertiary alicyclic amines) is 1. The summed E-state index contributed by atoms with van der Waals surface area (Å²) in [6.07, 6.45) is 4.66. The molecule has 7 rings (SSSR count). The molecule has 1 N–H and O–H groups in total. The van der Waals surface area contributed by atoms with Gasteiger partial charge in [-0.15, -0.1) is 0 Å². The van der Waals surface area contributed by atoms with Crippen molar-refractivity contribution in [2.24, 2.45) is 0 Å². The molecule has 43 heavy (non-hydrogen) atoms. The first kappa shape index (κ1) is 27.4. The highest BCUT2D eigenvalue weighted by Crippen LogP contribution is 2.30. The maximum Gasteiger partial charge on any atom is 0.335 e. The number of piperidine rings is 1. The lowest BCUT2D eigenvalue weighted by atomic mass is 9.93. The maximum absolute atomic E-state index is 14.6. The van der Waals surface area contributed by atoms with E-state index >= 15 is 0 Å². The first-order valence-corrected chi connectivity index (χ1v) is 14.7. The number of pyridine rings is 2. The Balaban J connectivity index is 1.01. The first-order valence-electron chi connectivity index (χ1n) is 14.7. The highest BCUT2D eigenvalue weighted by Gasteiger charge is 2.26. The second kappa shape index (κ2) is 11.7. The lowest BCUT2D eigenvalue weighted by Gasteiger charge is -2.32. The normalized spacial score (nSPS) is 17.7. The van der Waals surface area contributed by atoms with Crippen LogP contribution < -0.4 is 4.74 Å². The molecule has 2 fully saturated rings. The number of ether oxygens (including phenoxy) is 2. The quantitative estimate of drug-likeness (QED) is 0.241. The predicted molar refractivity (Wildman–Crippen MR) is 159 cm³/mol. The van der Waals surface area contributed by atoms with Crippen LogP contribution in [0.2, 0.25) is 0 Å². The van der Waals surface area contributed by atoms with Gasteiger partial charge in [0, 0.05) is 47.5 Å². The zero-order chi connectivity index (χ0) is 29.3. The number of aromatic carboxylic acids is 1. The average molecular weight is 582 g/mol. The topological polar surface area (TPSA) is 103 Å². The number of carboxylic acid groups (broad SMARTS) is 1. The van der Waals surface area contributed by atoms with Crippen LogP contribution >= 0.6 is 0 Å². The summed E-state index contributed by atoms with van der Waals surface area (Å²) in [4.78, 5) is 27.9. The number of hydrogen-bond donors (Lipinski definition) is 1. The van der Waals surface area contributed by atoms with E-state index in [2.05, 4.69) is 14.5 Å². The molecule has 5 aromatic rings. The third kappa shape index (κ3) is 5.80. The average Bonchev–Trinajstić information content (AvgIpc) is 3.34. The summed E-state index contributed by atoms with van der Waals surface area (Å²) in [7, 11) is 0. The fraction of sp³-hybridized carbons (Fsp3) is 0.333. The van der Waals surface area contributed by atoms with Gasteiger partial charge in [0.2, 0.25) is 5.88 Å². The second-order valence-electron chi connectivity index (χ2n) is 11.3. The van der Waals surface area contributed by atoms with Crippen molar-refractivity contribution in [3.05, 3.63) is 95.3 Å². The molecular weight excluding hydrogens is 549 g/mol. The van der Waals surface area contributed by atoms with Crippen LogP contribution in [0.1, 0.15) is 52.6 Å². The Labute approximate surface area is 247 Å². The van der Waals surface area contributed by atoms with Gasteiger partial charge in [0.25, 0.3) is 0 Å². The van der Waals surface area contributed by atoms with Gasteiger partial charge in [-0.25, -0.2) is 19.2 Å². The minimum atomic E-state index is -0.945. The highest BCUT2D eigenvalue weighted by atomic mass is 19.1. The van der Waals surface area contributed by atoms with E-state index in [1.165, 1.54) is 6.07 Å². The minimum absolute atomic E-state index is 0.0897. The zero-order valence-electron chi connectivity index (χ0n) is 23.7. The Morgan fingerprint density at radius 3 is 2.67 bits per heavy atom. The lowest BCUT2D eigenvalue weighted by Crippen LogP contribution is -2.35. The lowest BCUT2D eigenvalue weighted by molar-refractivity contribution is -0.0592. The van der Waals surface area contributed by atoms with Crippen molar-refractivity contribution in [3.8, 4) is 5.88 Å². The molecule has 1 atom stereocenters. The predicted octanol–water partition coefficient (Wildman–Crippen LogP) is 5.56. The monoisotopic (exact) mass is 581 g/mol. The van der Waals surface area contributed by atoms with Crippen molar-refractivity contribution in [2.45, 2.75) is 51.0 Å². The van der Waals surface area contributed by atoms with E-state index < -0.39 is 5.97 Å². The third-order valence-electron chi connectivity index (χ3n) is 8.52. The van der Waals surface area contributed by atoms with Crippen LogP contribution in [0.25, 0.3) is 21.9 Å². The standard InChI is InChI=1S/C33H32FN5O4/c34-26-17-29-22(3-2-11-35-29)15-24(26)20-43-32-5-1-4-27(37-32)21-8-12-38(13-9-21)19-31-36-28-7-6-23(33(40)41)16-30(28)39(31)18-25-10-14-42-25/h1-7,11,15-17,21,25H,8-10,12-14,18-20H2,(H,40,41). The van der Waals surface area contributed by atoms with E-state index in [1.54, 1.807) is 30.5 Å². The Morgan fingerprint density at radius 1 is 1.02 bits per heavy atom. The molecule has 2 aliphatic heterocycles. The van der Waals surface area contributed by atoms with Crippen LogP contribution in [0.3, 0.4) is 0 Å². The summed E-state index contributed by atoms with van der Waals surface area (Å²) in [5.74, 6) is 0.420. The van der Waals surface area contributed by atoms with Gasteiger partial charge in [-0.1, -0.05) is 12.1 Å². The van der Waals surface area contributed by atoms with Crippen molar-refractivity contribution in [1.29, 1.82) is 0 Å². The molecule has 0 bridgehead atoms. The molecule has 0 spiro atoms.